The van der Waals surface area contributed by atoms with Crippen molar-refractivity contribution < 1.29 is 14.3 Å². The van der Waals surface area contributed by atoms with E-state index in [-0.39, 0.29) is 23.8 Å². The number of rotatable bonds is 3. The van der Waals surface area contributed by atoms with E-state index in [1.807, 2.05) is 13.8 Å². The van der Waals surface area contributed by atoms with E-state index in [0.29, 0.717) is 31.8 Å². The van der Waals surface area contributed by atoms with Crippen LogP contribution in [0.25, 0.3) is 0 Å². The van der Waals surface area contributed by atoms with Gasteiger partial charge in [-0.15, -0.1) is 0 Å². The van der Waals surface area contributed by atoms with Crippen LogP contribution >= 0.6 is 0 Å². The third-order valence-corrected chi connectivity index (χ3v) is 2.95. The Morgan fingerprint density at radius 2 is 2.06 bits per heavy atom. The van der Waals surface area contributed by atoms with Gasteiger partial charge in [-0.1, -0.05) is 13.8 Å². The molecule has 17 heavy (non-hydrogen) atoms. The lowest BCUT2D eigenvalue weighted by Crippen LogP contribution is -2.51. The monoisotopic (exact) mass is 242 g/mol. The number of amides is 1. The summed E-state index contributed by atoms with van der Waals surface area (Å²) in [6.07, 6.45) is 1.10. The molecule has 1 saturated heterocycles. The molecule has 1 heterocycles. The zero-order chi connectivity index (χ0) is 13.0. The van der Waals surface area contributed by atoms with Gasteiger partial charge in [0, 0.05) is 25.6 Å². The van der Waals surface area contributed by atoms with Gasteiger partial charge in [-0.25, -0.2) is 0 Å². The maximum atomic E-state index is 11.9. The zero-order valence-corrected chi connectivity index (χ0v) is 10.8. The third-order valence-electron chi connectivity index (χ3n) is 2.95. The molecule has 0 aromatic heterocycles. The highest BCUT2D eigenvalue weighted by Crippen LogP contribution is 2.18. The smallest absolute Gasteiger partial charge is 0.310 e. The van der Waals surface area contributed by atoms with E-state index in [1.54, 1.807) is 4.90 Å². The average molecular weight is 242 g/mol. The predicted molar refractivity (Wildman–Crippen MR) is 64.1 cm³/mol. The summed E-state index contributed by atoms with van der Waals surface area (Å²) in [5.41, 5.74) is 5.87. The molecule has 2 atom stereocenters. The lowest BCUT2D eigenvalue weighted by Gasteiger charge is -2.35. The average Bonchev–Trinajstić information content (AvgIpc) is 2.26. The standard InChI is InChI=1S/C12H22N2O3/c1-8(2)4-11(15)14-6-9(12(16)17-3)5-10(13)7-14/h8-10H,4-7,13H2,1-3H3. The summed E-state index contributed by atoms with van der Waals surface area (Å²) in [7, 11) is 1.36. The summed E-state index contributed by atoms with van der Waals surface area (Å²) < 4.78 is 4.71. The second-order valence-electron chi connectivity index (χ2n) is 5.11. The molecule has 1 aliphatic heterocycles. The van der Waals surface area contributed by atoms with Crippen molar-refractivity contribution in [2.24, 2.45) is 17.6 Å². The molecule has 1 amide bonds. The molecule has 0 radical (unpaired) electrons. The number of carbonyl (C=O) groups is 2. The molecule has 5 heteroatoms. The van der Waals surface area contributed by atoms with E-state index in [9.17, 15) is 9.59 Å². The van der Waals surface area contributed by atoms with Crippen molar-refractivity contribution in [2.45, 2.75) is 32.7 Å². The fraction of sp³-hybridized carbons (Fsp3) is 0.833. The van der Waals surface area contributed by atoms with Crippen LogP contribution in [0.5, 0.6) is 0 Å². The van der Waals surface area contributed by atoms with Crippen LogP contribution in [0.3, 0.4) is 0 Å². The van der Waals surface area contributed by atoms with Crippen LogP contribution in [0.2, 0.25) is 0 Å². The van der Waals surface area contributed by atoms with Crippen molar-refractivity contribution in [1.29, 1.82) is 0 Å². The molecule has 0 bridgehead atoms. The molecule has 1 aliphatic rings. The van der Waals surface area contributed by atoms with Gasteiger partial charge in [-0.2, -0.15) is 0 Å². The Morgan fingerprint density at radius 1 is 1.41 bits per heavy atom. The van der Waals surface area contributed by atoms with Gasteiger partial charge in [-0.05, 0) is 12.3 Å². The Bertz CT molecular complexity index is 291. The molecule has 0 aromatic carbocycles. The van der Waals surface area contributed by atoms with Gasteiger partial charge < -0.3 is 15.4 Å². The topological polar surface area (TPSA) is 72.6 Å². The molecule has 0 saturated carbocycles. The van der Waals surface area contributed by atoms with Crippen molar-refractivity contribution >= 4 is 11.9 Å². The molecule has 5 nitrogen and oxygen atoms in total. The van der Waals surface area contributed by atoms with Crippen LogP contribution in [0.15, 0.2) is 0 Å². The molecular weight excluding hydrogens is 220 g/mol. The fourth-order valence-electron chi connectivity index (χ4n) is 2.16. The highest BCUT2D eigenvalue weighted by Gasteiger charge is 2.32. The molecule has 1 rings (SSSR count). The number of carbonyl (C=O) groups excluding carboxylic acids is 2. The Labute approximate surface area is 102 Å². The van der Waals surface area contributed by atoms with Crippen molar-refractivity contribution in [2.75, 3.05) is 20.2 Å². The van der Waals surface area contributed by atoms with Crippen LogP contribution in [-0.4, -0.2) is 43.0 Å². The van der Waals surface area contributed by atoms with E-state index in [4.69, 9.17) is 10.5 Å². The maximum absolute atomic E-state index is 11.9. The number of piperidine rings is 1. The van der Waals surface area contributed by atoms with E-state index in [2.05, 4.69) is 0 Å². The molecule has 0 aliphatic carbocycles. The quantitative estimate of drug-likeness (QED) is 0.726. The van der Waals surface area contributed by atoms with Crippen molar-refractivity contribution in [3.05, 3.63) is 0 Å². The summed E-state index contributed by atoms with van der Waals surface area (Å²) >= 11 is 0. The Balaban J connectivity index is 2.61. The lowest BCUT2D eigenvalue weighted by molar-refractivity contribution is -0.149. The van der Waals surface area contributed by atoms with Crippen molar-refractivity contribution in [3.63, 3.8) is 0 Å². The van der Waals surface area contributed by atoms with Crippen LogP contribution in [0, 0.1) is 11.8 Å². The number of hydrogen-bond donors (Lipinski definition) is 1. The molecule has 2 unspecified atom stereocenters. The summed E-state index contributed by atoms with van der Waals surface area (Å²) in [6.45, 7) is 4.98. The van der Waals surface area contributed by atoms with Crippen LogP contribution in [0.4, 0.5) is 0 Å². The SMILES string of the molecule is COC(=O)C1CC(N)CN(C(=O)CC(C)C)C1. The van der Waals surface area contributed by atoms with E-state index in [0.717, 1.165) is 0 Å². The lowest BCUT2D eigenvalue weighted by atomic mass is 9.94. The molecule has 98 valence electrons. The minimum atomic E-state index is -0.278. The second kappa shape index (κ2) is 6.00. The van der Waals surface area contributed by atoms with Crippen LogP contribution in [0.1, 0.15) is 26.7 Å². The van der Waals surface area contributed by atoms with Gasteiger partial charge in [0.25, 0.3) is 0 Å². The summed E-state index contributed by atoms with van der Waals surface area (Å²) in [6, 6.07) is -0.135. The Hall–Kier alpha value is -1.10. The summed E-state index contributed by atoms with van der Waals surface area (Å²) in [4.78, 5) is 25.1. The van der Waals surface area contributed by atoms with Gasteiger partial charge in [0.05, 0.1) is 13.0 Å². The first-order valence-electron chi connectivity index (χ1n) is 6.05. The second-order valence-corrected chi connectivity index (χ2v) is 5.11. The number of methoxy groups -OCH3 is 1. The third kappa shape index (κ3) is 4.00. The number of nitrogens with zero attached hydrogens (tertiary/aromatic N) is 1. The first kappa shape index (κ1) is 14.0. The number of likely N-dealkylation sites (tertiary alicyclic amines) is 1. The van der Waals surface area contributed by atoms with E-state index >= 15 is 0 Å². The van der Waals surface area contributed by atoms with Crippen LogP contribution in [-0.2, 0) is 14.3 Å². The van der Waals surface area contributed by atoms with Crippen molar-refractivity contribution in [3.8, 4) is 0 Å². The molecule has 1 fully saturated rings. The van der Waals surface area contributed by atoms with Gasteiger partial charge in [0.2, 0.25) is 5.91 Å². The molecule has 0 spiro atoms. The van der Waals surface area contributed by atoms with Gasteiger partial charge >= 0.3 is 5.97 Å². The highest BCUT2D eigenvalue weighted by molar-refractivity contribution is 5.78. The molecule has 2 N–H and O–H groups in total. The van der Waals surface area contributed by atoms with Gasteiger partial charge in [-0.3, -0.25) is 9.59 Å². The van der Waals surface area contributed by atoms with Crippen molar-refractivity contribution in [1.82, 2.24) is 4.90 Å². The normalized spacial score (nSPS) is 24.9. The fourth-order valence-corrected chi connectivity index (χ4v) is 2.16. The molecule has 0 aromatic rings. The van der Waals surface area contributed by atoms with E-state index < -0.39 is 0 Å². The molecular formula is C12H22N2O3. The predicted octanol–water partition coefficient (Wildman–Crippen LogP) is 0.381. The first-order chi connectivity index (χ1) is 7.93. The summed E-state index contributed by atoms with van der Waals surface area (Å²) in [5.74, 6) is -0.163. The van der Waals surface area contributed by atoms with Crippen LogP contribution < -0.4 is 5.73 Å². The number of hydrogen-bond acceptors (Lipinski definition) is 4. The highest BCUT2D eigenvalue weighted by atomic mass is 16.5. The summed E-state index contributed by atoms with van der Waals surface area (Å²) in [5, 5.41) is 0. The largest absolute Gasteiger partial charge is 0.469 e. The number of esters is 1. The first-order valence-corrected chi connectivity index (χ1v) is 6.05. The van der Waals surface area contributed by atoms with Gasteiger partial charge in [0.15, 0.2) is 0 Å². The van der Waals surface area contributed by atoms with Gasteiger partial charge in [0.1, 0.15) is 0 Å². The maximum Gasteiger partial charge on any atom is 0.310 e. The minimum Gasteiger partial charge on any atom is -0.469 e. The minimum absolute atomic E-state index is 0.0732. The Kier molecular flexibility index (Phi) is 4.93. The number of ether oxygens (including phenoxy) is 1. The van der Waals surface area contributed by atoms with E-state index in [1.165, 1.54) is 7.11 Å². The Morgan fingerprint density at radius 3 is 2.59 bits per heavy atom. The number of nitrogens with two attached hydrogens (primary N) is 1. The zero-order valence-electron chi connectivity index (χ0n) is 10.8.